The van der Waals surface area contributed by atoms with Gasteiger partial charge < -0.3 is 19.9 Å². The van der Waals surface area contributed by atoms with Crippen LogP contribution in [0.15, 0.2) is 18.2 Å². The van der Waals surface area contributed by atoms with Crippen LogP contribution in [0.4, 0.5) is 4.79 Å². The number of hydrogen-bond donors (Lipinski definition) is 2. The van der Waals surface area contributed by atoms with Crippen molar-refractivity contribution in [2.45, 2.75) is 13.5 Å². The van der Waals surface area contributed by atoms with Gasteiger partial charge in [-0.25, -0.2) is 4.79 Å². The van der Waals surface area contributed by atoms with Crippen molar-refractivity contribution in [2.24, 2.45) is 0 Å². The molecule has 0 fully saturated rings. The van der Waals surface area contributed by atoms with Crippen LogP contribution in [0.25, 0.3) is 0 Å². The molecule has 0 radical (unpaired) electrons. The van der Waals surface area contributed by atoms with E-state index in [2.05, 4.69) is 10.1 Å². The van der Waals surface area contributed by atoms with Gasteiger partial charge in [0, 0.05) is 24.8 Å². The second-order valence-electron chi connectivity index (χ2n) is 3.83. The van der Waals surface area contributed by atoms with E-state index in [4.69, 9.17) is 16.3 Å². The minimum Gasteiger partial charge on any atom is -0.507 e. The molecule has 2 N–H and O–H groups in total. The molecule has 0 spiro atoms. The lowest BCUT2D eigenvalue weighted by Gasteiger charge is -2.09. The van der Waals surface area contributed by atoms with E-state index < -0.39 is 11.3 Å². The van der Waals surface area contributed by atoms with E-state index in [1.54, 1.807) is 0 Å². The molecule has 0 aromatic heterocycles. The average molecular weight is 302 g/mol. The van der Waals surface area contributed by atoms with Crippen molar-refractivity contribution >= 4 is 22.9 Å². The summed E-state index contributed by atoms with van der Waals surface area (Å²) in [6.45, 7) is 3.09. The van der Waals surface area contributed by atoms with Crippen LogP contribution in [0.5, 0.6) is 5.75 Å². The highest BCUT2D eigenvalue weighted by molar-refractivity contribution is 6.61. The number of phenols is 1. The van der Waals surface area contributed by atoms with Gasteiger partial charge in [0.2, 0.25) is 0 Å². The van der Waals surface area contributed by atoms with E-state index in [0.29, 0.717) is 25.3 Å². The molecule has 110 valence electrons. The summed E-state index contributed by atoms with van der Waals surface area (Å²) in [7, 11) is 0. The zero-order valence-corrected chi connectivity index (χ0v) is 11.8. The molecule has 0 aliphatic carbocycles. The SMILES string of the molecule is CCOCCNC(=O)c1cc(COC(=O)Cl)ccc1O. The summed E-state index contributed by atoms with van der Waals surface area (Å²) in [6, 6.07) is 4.33. The first kappa shape index (κ1) is 16.3. The molecule has 0 atom stereocenters. The van der Waals surface area contributed by atoms with Crippen LogP contribution in [0.1, 0.15) is 22.8 Å². The van der Waals surface area contributed by atoms with Gasteiger partial charge in [0.15, 0.2) is 0 Å². The van der Waals surface area contributed by atoms with Crippen LogP contribution in [0.2, 0.25) is 0 Å². The van der Waals surface area contributed by atoms with Crippen LogP contribution >= 0.6 is 11.6 Å². The Labute approximate surface area is 121 Å². The molecule has 1 aromatic rings. The van der Waals surface area contributed by atoms with Crippen molar-refractivity contribution in [2.75, 3.05) is 19.8 Å². The Morgan fingerprint density at radius 1 is 1.40 bits per heavy atom. The molecule has 1 aromatic carbocycles. The summed E-state index contributed by atoms with van der Waals surface area (Å²) in [4.78, 5) is 22.4. The van der Waals surface area contributed by atoms with Crippen LogP contribution < -0.4 is 5.32 Å². The second-order valence-corrected chi connectivity index (χ2v) is 4.14. The molecule has 0 aliphatic rings. The van der Waals surface area contributed by atoms with Crippen LogP contribution in [0, 0.1) is 0 Å². The molecule has 7 heteroatoms. The summed E-state index contributed by atoms with van der Waals surface area (Å²) in [5, 5.41) is 12.3. The predicted molar refractivity (Wildman–Crippen MR) is 73.0 cm³/mol. The molecule has 0 unspecified atom stereocenters. The summed E-state index contributed by atoms with van der Waals surface area (Å²) in [5.41, 5.74) is -0.280. The maximum absolute atomic E-state index is 11.9. The largest absolute Gasteiger partial charge is 0.507 e. The van der Waals surface area contributed by atoms with Crippen LogP contribution in [0.3, 0.4) is 0 Å². The number of halogens is 1. The third-order valence-corrected chi connectivity index (χ3v) is 2.50. The number of carbonyl (C=O) groups excluding carboxylic acids is 2. The summed E-state index contributed by atoms with van der Waals surface area (Å²) in [6.07, 6.45) is 0. The topological polar surface area (TPSA) is 84.9 Å². The monoisotopic (exact) mass is 301 g/mol. The normalized spacial score (nSPS) is 10.1. The minimum atomic E-state index is -0.930. The fraction of sp³-hybridized carbons (Fsp3) is 0.385. The van der Waals surface area contributed by atoms with E-state index in [0.717, 1.165) is 0 Å². The predicted octanol–water partition coefficient (Wildman–Crippen LogP) is 2.03. The highest BCUT2D eigenvalue weighted by Crippen LogP contribution is 2.19. The molecular formula is C13H16ClNO5. The Morgan fingerprint density at radius 3 is 2.80 bits per heavy atom. The van der Waals surface area contributed by atoms with Gasteiger partial charge >= 0.3 is 5.43 Å². The van der Waals surface area contributed by atoms with Gasteiger partial charge in [-0.15, -0.1) is 0 Å². The Kier molecular flexibility index (Phi) is 6.83. The van der Waals surface area contributed by atoms with Crippen molar-refractivity contribution < 1.29 is 24.2 Å². The lowest BCUT2D eigenvalue weighted by molar-refractivity contribution is 0.0920. The molecule has 0 saturated carbocycles. The molecule has 6 nitrogen and oxygen atoms in total. The number of nitrogens with one attached hydrogen (secondary N) is 1. The first-order valence-corrected chi connectivity index (χ1v) is 6.42. The van der Waals surface area contributed by atoms with E-state index in [1.165, 1.54) is 18.2 Å². The molecule has 0 heterocycles. The summed E-state index contributed by atoms with van der Waals surface area (Å²) < 4.78 is 9.70. The van der Waals surface area contributed by atoms with Crippen molar-refractivity contribution in [3.8, 4) is 5.75 Å². The number of carbonyl (C=O) groups is 2. The van der Waals surface area contributed by atoms with Crippen molar-refractivity contribution in [1.82, 2.24) is 5.32 Å². The van der Waals surface area contributed by atoms with Gasteiger partial charge in [0.25, 0.3) is 5.91 Å². The number of hydrogen-bond acceptors (Lipinski definition) is 5. The maximum atomic E-state index is 11.9. The zero-order valence-electron chi connectivity index (χ0n) is 11.0. The van der Waals surface area contributed by atoms with Crippen molar-refractivity contribution in [1.29, 1.82) is 0 Å². The van der Waals surface area contributed by atoms with Gasteiger partial charge in [-0.2, -0.15) is 0 Å². The van der Waals surface area contributed by atoms with E-state index >= 15 is 0 Å². The molecule has 0 aliphatic heterocycles. The number of phenolic OH excluding ortho intramolecular Hbond substituents is 1. The third-order valence-electron chi connectivity index (χ3n) is 2.39. The number of ether oxygens (including phenoxy) is 2. The van der Waals surface area contributed by atoms with Gasteiger partial charge in [-0.1, -0.05) is 6.07 Å². The lowest BCUT2D eigenvalue weighted by atomic mass is 10.1. The first-order chi connectivity index (χ1) is 9.54. The molecular weight excluding hydrogens is 286 g/mol. The van der Waals surface area contributed by atoms with Gasteiger partial charge in [-0.3, -0.25) is 4.79 Å². The Morgan fingerprint density at radius 2 is 2.15 bits per heavy atom. The fourth-order valence-electron chi connectivity index (χ4n) is 1.47. The second kappa shape index (κ2) is 8.39. The molecule has 0 bridgehead atoms. The number of amides is 1. The fourth-order valence-corrected chi connectivity index (χ4v) is 1.53. The highest BCUT2D eigenvalue weighted by atomic mass is 35.5. The van der Waals surface area contributed by atoms with E-state index in [1.807, 2.05) is 6.92 Å². The van der Waals surface area contributed by atoms with E-state index in [9.17, 15) is 14.7 Å². The van der Waals surface area contributed by atoms with Gasteiger partial charge in [0.1, 0.15) is 12.4 Å². The average Bonchev–Trinajstić information content (AvgIpc) is 2.42. The van der Waals surface area contributed by atoms with Gasteiger partial charge in [0.05, 0.1) is 12.2 Å². The van der Waals surface area contributed by atoms with Crippen LogP contribution in [-0.4, -0.2) is 36.2 Å². The zero-order chi connectivity index (χ0) is 15.0. The molecule has 1 rings (SSSR count). The molecule has 20 heavy (non-hydrogen) atoms. The highest BCUT2D eigenvalue weighted by Gasteiger charge is 2.12. The first-order valence-electron chi connectivity index (χ1n) is 6.04. The summed E-state index contributed by atoms with van der Waals surface area (Å²) in [5.74, 6) is -0.582. The minimum absolute atomic E-state index is 0.0676. The third kappa shape index (κ3) is 5.46. The number of aromatic hydroxyl groups is 1. The lowest BCUT2D eigenvalue weighted by Crippen LogP contribution is -2.27. The van der Waals surface area contributed by atoms with Crippen molar-refractivity contribution in [3.63, 3.8) is 0 Å². The molecule has 0 saturated heterocycles. The smallest absolute Gasteiger partial charge is 0.404 e. The van der Waals surface area contributed by atoms with Crippen LogP contribution in [-0.2, 0) is 16.1 Å². The Balaban J connectivity index is 2.65. The maximum Gasteiger partial charge on any atom is 0.404 e. The van der Waals surface area contributed by atoms with E-state index in [-0.39, 0.29) is 17.9 Å². The quantitative estimate of drug-likeness (QED) is 0.594. The van der Waals surface area contributed by atoms with Gasteiger partial charge in [-0.05, 0) is 24.6 Å². The number of benzene rings is 1. The Hall–Kier alpha value is -1.79. The van der Waals surface area contributed by atoms with Crippen molar-refractivity contribution in [3.05, 3.63) is 29.3 Å². The number of rotatable bonds is 7. The summed E-state index contributed by atoms with van der Waals surface area (Å²) >= 11 is 5.06. The Bertz CT molecular complexity index is 478. The standard InChI is InChI=1S/C13H16ClNO5/c1-2-19-6-5-15-12(17)10-7-9(3-4-11(10)16)8-20-13(14)18/h3-4,7,16H,2,5-6,8H2,1H3,(H,15,17). The molecule has 1 amide bonds.